The molecule has 1 aliphatic rings. The molecule has 1 nitrogen and oxygen atoms in total. The van der Waals surface area contributed by atoms with E-state index >= 15 is 0 Å². The minimum atomic E-state index is 0.426. The molecule has 1 aliphatic carbocycles. The minimum absolute atomic E-state index is 0.426. The molecule has 4 atom stereocenters. The molecule has 18 heavy (non-hydrogen) atoms. The van der Waals surface area contributed by atoms with E-state index in [4.69, 9.17) is 0 Å². The van der Waals surface area contributed by atoms with Crippen LogP contribution in [0.4, 0.5) is 0 Å². The molecule has 4 unspecified atom stereocenters. The summed E-state index contributed by atoms with van der Waals surface area (Å²) in [6.07, 6.45) is 7.05. The Kier molecular flexibility index (Phi) is 5.13. The summed E-state index contributed by atoms with van der Waals surface area (Å²) >= 11 is 0. The molecule has 0 radical (unpaired) electrons. The van der Waals surface area contributed by atoms with Gasteiger partial charge in [0.1, 0.15) is 0 Å². The van der Waals surface area contributed by atoms with Crippen LogP contribution in [0.1, 0.15) is 34.6 Å². The molecule has 100 valence electrons. The first-order chi connectivity index (χ1) is 8.38. The van der Waals surface area contributed by atoms with Crippen molar-refractivity contribution in [3.8, 4) is 0 Å². The van der Waals surface area contributed by atoms with Gasteiger partial charge in [-0.2, -0.15) is 0 Å². The number of hydrogen-bond acceptors (Lipinski definition) is 1. The topological polar surface area (TPSA) is 12.4 Å². The first-order valence-electron chi connectivity index (χ1n) is 6.87. The molecule has 0 saturated heterocycles. The molecule has 0 aromatic carbocycles. The Morgan fingerprint density at radius 3 is 2.39 bits per heavy atom. The van der Waals surface area contributed by atoms with Gasteiger partial charge >= 0.3 is 0 Å². The third kappa shape index (κ3) is 3.22. The van der Waals surface area contributed by atoms with Gasteiger partial charge in [-0.15, -0.1) is 0 Å². The van der Waals surface area contributed by atoms with Gasteiger partial charge in [0.05, 0.1) is 0 Å². The first kappa shape index (κ1) is 14.9. The number of allylic oxidation sites excluding steroid dienone is 5. The van der Waals surface area contributed by atoms with Crippen LogP contribution in [-0.2, 0) is 0 Å². The molecular formula is C17H27N. The fourth-order valence-electron chi connectivity index (χ4n) is 2.54. The van der Waals surface area contributed by atoms with Crippen LogP contribution in [0.3, 0.4) is 0 Å². The van der Waals surface area contributed by atoms with Crippen molar-refractivity contribution in [3.63, 3.8) is 0 Å². The minimum Gasteiger partial charge on any atom is -0.297 e. The van der Waals surface area contributed by atoms with Crippen LogP contribution in [0.15, 0.2) is 40.9 Å². The highest BCUT2D eigenvalue weighted by molar-refractivity contribution is 5.87. The van der Waals surface area contributed by atoms with Crippen LogP contribution in [0, 0.1) is 23.7 Å². The second kappa shape index (κ2) is 6.17. The van der Waals surface area contributed by atoms with Gasteiger partial charge in [0, 0.05) is 18.7 Å². The zero-order chi connectivity index (χ0) is 13.9. The largest absolute Gasteiger partial charge is 0.297 e. The van der Waals surface area contributed by atoms with Crippen molar-refractivity contribution in [1.82, 2.24) is 0 Å². The lowest BCUT2D eigenvalue weighted by Crippen LogP contribution is -2.21. The summed E-state index contributed by atoms with van der Waals surface area (Å²) < 4.78 is 0. The van der Waals surface area contributed by atoms with Crippen LogP contribution >= 0.6 is 0 Å². The van der Waals surface area contributed by atoms with E-state index in [0.717, 1.165) is 0 Å². The van der Waals surface area contributed by atoms with Gasteiger partial charge in [-0.05, 0) is 37.2 Å². The van der Waals surface area contributed by atoms with Crippen LogP contribution in [0.2, 0.25) is 0 Å². The molecule has 0 aromatic rings. The lowest BCUT2D eigenvalue weighted by molar-refractivity contribution is 0.395. The van der Waals surface area contributed by atoms with E-state index in [2.05, 4.69) is 64.4 Å². The van der Waals surface area contributed by atoms with Crippen molar-refractivity contribution < 1.29 is 0 Å². The lowest BCUT2D eigenvalue weighted by Gasteiger charge is -2.30. The van der Waals surface area contributed by atoms with Crippen molar-refractivity contribution in [2.45, 2.75) is 34.6 Å². The molecule has 0 aromatic heterocycles. The summed E-state index contributed by atoms with van der Waals surface area (Å²) in [4.78, 5) is 4.30. The van der Waals surface area contributed by atoms with Gasteiger partial charge in [-0.3, -0.25) is 4.99 Å². The summed E-state index contributed by atoms with van der Waals surface area (Å²) in [5, 5.41) is 0. The van der Waals surface area contributed by atoms with Crippen LogP contribution in [-0.4, -0.2) is 12.8 Å². The van der Waals surface area contributed by atoms with Crippen molar-refractivity contribution in [1.29, 1.82) is 0 Å². The molecular weight excluding hydrogens is 218 g/mol. The normalized spacial score (nSPS) is 27.7. The number of aliphatic imine (C=N–C) groups is 1. The maximum absolute atomic E-state index is 4.30. The summed E-state index contributed by atoms with van der Waals surface area (Å²) in [5.41, 5.74) is 3.87. The Balaban J connectivity index is 2.85. The predicted molar refractivity (Wildman–Crippen MR) is 82.1 cm³/mol. The molecule has 1 rings (SSSR count). The van der Waals surface area contributed by atoms with E-state index < -0.39 is 0 Å². The monoisotopic (exact) mass is 245 g/mol. The van der Waals surface area contributed by atoms with Crippen molar-refractivity contribution >= 4 is 5.71 Å². The summed E-state index contributed by atoms with van der Waals surface area (Å²) in [6, 6.07) is 0. The molecule has 1 heteroatoms. The van der Waals surface area contributed by atoms with Crippen molar-refractivity contribution in [3.05, 3.63) is 36.0 Å². The Hall–Kier alpha value is -1.11. The summed E-state index contributed by atoms with van der Waals surface area (Å²) in [5.74, 6) is 2.13. The van der Waals surface area contributed by atoms with E-state index in [-0.39, 0.29) is 0 Å². The predicted octanol–water partition coefficient (Wildman–Crippen LogP) is 4.67. The van der Waals surface area contributed by atoms with E-state index in [0.29, 0.717) is 23.7 Å². The van der Waals surface area contributed by atoms with Gasteiger partial charge in [0.15, 0.2) is 0 Å². The Bertz CT molecular complexity index is 398. The Labute approximate surface area is 112 Å². The van der Waals surface area contributed by atoms with E-state index in [9.17, 15) is 0 Å². The van der Waals surface area contributed by atoms with Crippen molar-refractivity contribution in [2.24, 2.45) is 28.7 Å². The highest BCUT2D eigenvalue weighted by Crippen LogP contribution is 2.34. The Morgan fingerprint density at radius 2 is 1.94 bits per heavy atom. The number of hydrogen-bond donors (Lipinski definition) is 0. The highest BCUT2D eigenvalue weighted by atomic mass is 14.7. The summed E-state index contributed by atoms with van der Waals surface area (Å²) in [7, 11) is 1.87. The molecule has 0 amide bonds. The average Bonchev–Trinajstić information content (AvgIpc) is 2.35. The van der Waals surface area contributed by atoms with E-state index in [1.807, 2.05) is 7.05 Å². The van der Waals surface area contributed by atoms with Crippen LogP contribution in [0.5, 0.6) is 0 Å². The molecule has 0 fully saturated rings. The third-order valence-corrected chi connectivity index (χ3v) is 4.41. The molecule has 0 N–H and O–H groups in total. The standard InChI is InChI=1S/C17H27N/c1-11(2)13(4)17-9-8-16(10-12(17)3)14(5)15(6)18-7/h8-10,12-14,17H,1H2,2-7H3/b18-15+. The smallest absolute Gasteiger partial charge is 0.0276 e. The third-order valence-electron chi connectivity index (χ3n) is 4.41. The van der Waals surface area contributed by atoms with Crippen molar-refractivity contribution in [2.75, 3.05) is 7.05 Å². The first-order valence-corrected chi connectivity index (χ1v) is 6.87. The number of nitrogens with zero attached hydrogens (tertiary/aromatic N) is 1. The van der Waals surface area contributed by atoms with Gasteiger partial charge in [0.2, 0.25) is 0 Å². The lowest BCUT2D eigenvalue weighted by atomic mass is 9.75. The molecule has 0 saturated carbocycles. The zero-order valence-corrected chi connectivity index (χ0v) is 12.7. The van der Waals surface area contributed by atoms with Crippen LogP contribution in [0.25, 0.3) is 0 Å². The molecule has 0 bridgehead atoms. The molecule has 0 aliphatic heterocycles. The quantitative estimate of drug-likeness (QED) is 0.504. The SMILES string of the molecule is C=C(C)C(C)C1C=CC(C(C)/C(C)=N/C)=CC1C. The molecule has 0 heterocycles. The molecule has 0 spiro atoms. The second-order valence-electron chi connectivity index (χ2n) is 5.68. The van der Waals surface area contributed by atoms with Gasteiger partial charge in [-0.25, -0.2) is 0 Å². The Morgan fingerprint density at radius 1 is 1.33 bits per heavy atom. The summed E-state index contributed by atoms with van der Waals surface area (Å²) in [6.45, 7) is 15.1. The highest BCUT2D eigenvalue weighted by Gasteiger charge is 2.24. The number of rotatable bonds is 4. The maximum atomic E-state index is 4.30. The fraction of sp³-hybridized carbons (Fsp3) is 0.588. The van der Waals surface area contributed by atoms with Gasteiger partial charge < -0.3 is 0 Å². The van der Waals surface area contributed by atoms with Gasteiger partial charge in [-0.1, -0.05) is 51.2 Å². The zero-order valence-electron chi connectivity index (χ0n) is 12.7. The second-order valence-corrected chi connectivity index (χ2v) is 5.68. The van der Waals surface area contributed by atoms with E-state index in [1.54, 1.807) is 0 Å². The van der Waals surface area contributed by atoms with Crippen LogP contribution < -0.4 is 0 Å². The maximum Gasteiger partial charge on any atom is 0.0276 e. The van der Waals surface area contributed by atoms with Gasteiger partial charge in [0.25, 0.3) is 0 Å². The van der Waals surface area contributed by atoms with E-state index in [1.165, 1.54) is 16.9 Å². The fourth-order valence-corrected chi connectivity index (χ4v) is 2.54. The average molecular weight is 245 g/mol.